The van der Waals surface area contributed by atoms with Gasteiger partial charge in [0.25, 0.3) is 0 Å². The number of phenolic OH excluding ortho intramolecular Hbond substituents is 1. The van der Waals surface area contributed by atoms with Crippen molar-refractivity contribution < 1.29 is 5.11 Å². The van der Waals surface area contributed by atoms with Gasteiger partial charge in [0.15, 0.2) is 0 Å². The van der Waals surface area contributed by atoms with Crippen LogP contribution in [0.2, 0.25) is 0 Å². The fraction of sp³-hybridized carbons (Fsp3) is 0.308. The van der Waals surface area contributed by atoms with Crippen LogP contribution in [-0.2, 0) is 6.42 Å². The van der Waals surface area contributed by atoms with E-state index in [1.165, 1.54) is 0 Å². The van der Waals surface area contributed by atoms with Gasteiger partial charge in [0.05, 0.1) is 17.6 Å². The van der Waals surface area contributed by atoms with Crippen molar-refractivity contribution >= 4 is 5.69 Å². The van der Waals surface area contributed by atoms with Gasteiger partial charge < -0.3 is 16.2 Å². The monoisotopic (exact) mass is 246 g/mol. The quantitative estimate of drug-likeness (QED) is 0.747. The molecule has 18 heavy (non-hydrogen) atoms. The number of hydrogen-bond acceptors (Lipinski definition) is 4. The van der Waals surface area contributed by atoms with E-state index >= 15 is 0 Å². The molecule has 0 saturated heterocycles. The van der Waals surface area contributed by atoms with Crippen molar-refractivity contribution in [2.45, 2.75) is 13.3 Å². The van der Waals surface area contributed by atoms with Crippen LogP contribution in [0.15, 0.2) is 30.5 Å². The van der Waals surface area contributed by atoms with Gasteiger partial charge in [0, 0.05) is 13.1 Å². The number of rotatable bonds is 5. The Balaban J connectivity index is 2.40. The third-order valence-corrected chi connectivity index (χ3v) is 2.77. The van der Waals surface area contributed by atoms with E-state index in [2.05, 4.69) is 17.3 Å². The third-order valence-electron chi connectivity index (χ3n) is 2.77. The number of hydrogen-bond donors (Lipinski definition) is 3. The molecule has 5 heteroatoms. The van der Waals surface area contributed by atoms with Crippen LogP contribution in [0.25, 0.3) is 5.69 Å². The lowest BCUT2D eigenvalue weighted by molar-refractivity contribution is 0.469. The molecule has 0 saturated carbocycles. The van der Waals surface area contributed by atoms with Gasteiger partial charge in [0.2, 0.25) is 0 Å². The van der Waals surface area contributed by atoms with Crippen LogP contribution < -0.4 is 11.1 Å². The maximum absolute atomic E-state index is 9.87. The van der Waals surface area contributed by atoms with E-state index < -0.39 is 0 Å². The highest BCUT2D eigenvalue weighted by atomic mass is 16.3. The first-order chi connectivity index (χ1) is 8.77. The second-order valence-electron chi connectivity index (χ2n) is 3.97. The van der Waals surface area contributed by atoms with Crippen LogP contribution in [0.1, 0.15) is 12.6 Å². The standard InChI is InChI=1S/C13H18N4O/c1-2-11-10(15-8-7-14)9-16-17(11)12-5-3-4-6-13(12)18/h3-6,9,15,18H,2,7-8,14H2,1H3. The zero-order valence-corrected chi connectivity index (χ0v) is 10.4. The highest BCUT2D eigenvalue weighted by molar-refractivity contribution is 5.53. The lowest BCUT2D eigenvalue weighted by atomic mass is 10.2. The molecule has 0 aliphatic rings. The second-order valence-corrected chi connectivity index (χ2v) is 3.97. The maximum atomic E-state index is 9.87. The molecule has 0 fully saturated rings. The number of phenols is 1. The minimum Gasteiger partial charge on any atom is -0.506 e. The molecule has 0 atom stereocenters. The fourth-order valence-electron chi connectivity index (χ4n) is 1.92. The molecule has 1 aromatic carbocycles. The molecule has 2 aromatic rings. The number of nitrogens with one attached hydrogen (secondary N) is 1. The summed E-state index contributed by atoms with van der Waals surface area (Å²) in [4.78, 5) is 0. The Morgan fingerprint density at radius 3 is 2.83 bits per heavy atom. The van der Waals surface area contributed by atoms with E-state index in [1.54, 1.807) is 23.0 Å². The number of benzene rings is 1. The molecule has 0 aliphatic carbocycles. The first kappa shape index (κ1) is 12.4. The first-order valence-electron chi connectivity index (χ1n) is 6.07. The summed E-state index contributed by atoms with van der Waals surface area (Å²) in [7, 11) is 0. The fourth-order valence-corrected chi connectivity index (χ4v) is 1.92. The van der Waals surface area contributed by atoms with Crippen molar-refractivity contribution in [2.24, 2.45) is 5.73 Å². The average molecular weight is 246 g/mol. The number of nitrogens with zero attached hydrogens (tertiary/aromatic N) is 2. The van der Waals surface area contributed by atoms with Gasteiger partial charge in [-0.25, -0.2) is 4.68 Å². The smallest absolute Gasteiger partial charge is 0.141 e. The molecule has 0 bridgehead atoms. The molecule has 5 nitrogen and oxygen atoms in total. The summed E-state index contributed by atoms with van der Waals surface area (Å²) in [6.07, 6.45) is 2.59. The molecule has 0 aliphatic heterocycles. The third kappa shape index (κ3) is 2.31. The molecular formula is C13H18N4O. The van der Waals surface area contributed by atoms with Gasteiger partial charge in [-0.3, -0.25) is 0 Å². The maximum Gasteiger partial charge on any atom is 0.141 e. The number of nitrogens with two attached hydrogens (primary N) is 1. The second kappa shape index (κ2) is 5.55. The lowest BCUT2D eigenvalue weighted by Crippen LogP contribution is -2.14. The largest absolute Gasteiger partial charge is 0.506 e. The Morgan fingerprint density at radius 1 is 1.39 bits per heavy atom. The number of para-hydroxylation sites is 2. The molecule has 2 rings (SSSR count). The molecule has 1 aromatic heterocycles. The summed E-state index contributed by atoms with van der Waals surface area (Å²) < 4.78 is 1.76. The minimum atomic E-state index is 0.223. The predicted molar refractivity (Wildman–Crippen MR) is 72.2 cm³/mol. The molecule has 96 valence electrons. The zero-order valence-electron chi connectivity index (χ0n) is 10.4. The number of anilines is 1. The van der Waals surface area contributed by atoms with Crippen LogP contribution in [0, 0.1) is 0 Å². The van der Waals surface area contributed by atoms with E-state index in [1.807, 2.05) is 12.1 Å². The summed E-state index contributed by atoms with van der Waals surface area (Å²) in [5.74, 6) is 0.223. The Bertz CT molecular complexity index is 521. The van der Waals surface area contributed by atoms with Crippen molar-refractivity contribution in [1.29, 1.82) is 0 Å². The number of aromatic hydroxyl groups is 1. The van der Waals surface area contributed by atoms with Gasteiger partial charge in [0.1, 0.15) is 11.4 Å². The Hall–Kier alpha value is -2.01. The first-order valence-corrected chi connectivity index (χ1v) is 6.07. The molecule has 1 heterocycles. The Labute approximate surface area is 106 Å². The van der Waals surface area contributed by atoms with Crippen LogP contribution in [-0.4, -0.2) is 28.0 Å². The van der Waals surface area contributed by atoms with Gasteiger partial charge in [-0.15, -0.1) is 0 Å². The topological polar surface area (TPSA) is 76.1 Å². The SMILES string of the molecule is CCc1c(NCCN)cnn1-c1ccccc1O. The van der Waals surface area contributed by atoms with Gasteiger partial charge >= 0.3 is 0 Å². The van der Waals surface area contributed by atoms with Crippen molar-refractivity contribution in [2.75, 3.05) is 18.4 Å². The van der Waals surface area contributed by atoms with E-state index in [4.69, 9.17) is 5.73 Å². The van der Waals surface area contributed by atoms with Crippen molar-refractivity contribution in [3.8, 4) is 11.4 Å². The van der Waals surface area contributed by atoms with Crippen molar-refractivity contribution in [3.63, 3.8) is 0 Å². The number of aromatic nitrogens is 2. The molecule has 0 amide bonds. The summed E-state index contributed by atoms with van der Waals surface area (Å²) >= 11 is 0. The van der Waals surface area contributed by atoms with E-state index in [9.17, 15) is 5.11 Å². The Morgan fingerprint density at radius 2 is 2.17 bits per heavy atom. The van der Waals surface area contributed by atoms with Crippen molar-refractivity contribution in [1.82, 2.24) is 9.78 Å². The molecule has 0 spiro atoms. The molecule has 4 N–H and O–H groups in total. The molecule has 0 unspecified atom stereocenters. The van der Waals surface area contributed by atoms with Crippen LogP contribution >= 0.6 is 0 Å². The molecule has 0 radical (unpaired) electrons. The zero-order chi connectivity index (χ0) is 13.0. The normalized spacial score (nSPS) is 10.6. The average Bonchev–Trinajstić information content (AvgIpc) is 2.79. The highest BCUT2D eigenvalue weighted by Gasteiger charge is 2.12. The van der Waals surface area contributed by atoms with Gasteiger partial charge in [-0.2, -0.15) is 5.10 Å². The summed E-state index contributed by atoms with van der Waals surface area (Å²) in [5, 5.41) is 17.4. The van der Waals surface area contributed by atoms with Crippen molar-refractivity contribution in [3.05, 3.63) is 36.2 Å². The summed E-state index contributed by atoms with van der Waals surface area (Å²) in [6, 6.07) is 7.17. The van der Waals surface area contributed by atoms with E-state index in [0.29, 0.717) is 18.8 Å². The Kier molecular flexibility index (Phi) is 3.84. The van der Waals surface area contributed by atoms with Gasteiger partial charge in [-0.1, -0.05) is 19.1 Å². The predicted octanol–water partition coefficient (Wildman–Crippen LogP) is 1.51. The lowest BCUT2D eigenvalue weighted by Gasteiger charge is -2.10. The van der Waals surface area contributed by atoms with Crippen LogP contribution in [0.3, 0.4) is 0 Å². The van der Waals surface area contributed by atoms with E-state index in [-0.39, 0.29) is 5.75 Å². The summed E-state index contributed by atoms with van der Waals surface area (Å²) in [5.41, 5.74) is 8.17. The highest BCUT2D eigenvalue weighted by Crippen LogP contribution is 2.25. The van der Waals surface area contributed by atoms with Crippen LogP contribution in [0.5, 0.6) is 5.75 Å². The minimum absolute atomic E-state index is 0.223. The van der Waals surface area contributed by atoms with E-state index in [0.717, 1.165) is 17.8 Å². The molecular weight excluding hydrogens is 228 g/mol. The summed E-state index contributed by atoms with van der Waals surface area (Å²) in [6.45, 7) is 3.34. The van der Waals surface area contributed by atoms with Crippen LogP contribution in [0.4, 0.5) is 5.69 Å². The van der Waals surface area contributed by atoms with Gasteiger partial charge in [-0.05, 0) is 18.6 Å².